The Morgan fingerprint density at radius 3 is 2.50 bits per heavy atom. The molecule has 0 radical (unpaired) electrons. The molecular formula is C10H11BrO. The molecule has 2 heteroatoms. The molecule has 0 aliphatic heterocycles. The number of benzene rings is 1. The summed E-state index contributed by atoms with van der Waals surface area (Å²) in [5.74, 6) is 0. The lowest BCUT2D eigenvalue weighted by Crippen LogP contribution is -1.83. The summed E-state index contributed by atoms with van der Waals surface area (Å²) in [5, 5.41) is 8.77. The van der Waals surface area contributed by atoms with Gasteiger partial charge in [-0.2, -0.15) is 0 Å². The molecule has 1 aromatic rings. The maximum Gasteiger partial charge on any atom is 0.0642 e. The molecule has 0 aliphatic rings. The Bertz CT molecular complexity index is 274. The van der Waals surface area contributed by atoms with Gasteiger partial charge in [0.05, 0.1) is 6.61 Å². The van der Waals surface area contributed by atoms with Crippen molar-refractivity contribution < 1.29 is 5.11 Å². The van der Waals surface area contributed by atoms with Gasteiger partial charge in [-0.05, 0) is 30.2 Å². The number of hydrogen-bond donors (Lipinski definition) is 1. The Balaban J connectivity index is 2.84. The molecule has 1 nitrogen and oxygen atoms in total. The average Bonchev–Trinajstić information content (AvgIpc) is 2.09. The van der Waals surface area contributed by atoms with Crippen molar-refractivity contribution in [3.63, 3.8) is 0 Å². The lowest BCUT2D eigenvalue weighted by molar-refractivity contribution is 0.332. The second-order valence-electron chi connectivity index (χ2n) is 2.70. The van der Waals surface area contributed by atoms with Crippen LogP contribution in [0, 0.1) is 0 Å². The number of aliphatic hydroxyl groups excluding tert-OH is 1. The van der Waals surface area contributed by atoms with Crippen molar-refractivity contribution in [3.8, 4) is 0 Å². The van der Waals surface area contributed by atoms with E-state index in [4.69, 9.17) is 5.11 Å². The molecular weight excluding hydrogens is 216 g/mol. The van der Waals surface area contributed by atoms with Gasteiger partial charge in [-0.1, -0.05) is 34.1 Å². The van der Waals surface area contributed by atoms with Crippen molar-refractivity contribution in [1.82, 2.24) is 0 Å². The highest BCUT2D eigenvalue weighted by Crippen LogP contribution is 2.12. The van der Waals surface area contributed by atoms with Gasteiger partial charge >= 0.3 is 0 Å². The summed E-state index contributed by atoms with van der Waals surface area (Å²) in [6.45, 7) is 2.03. The minimum absolute atomic E-state index is 0.121. The summed E-state index contributed by atoms with van der Waals surface area (Å²) < 4.78 is 1.07. The molecule has 1 N–H and O–H groups in total. The Kier molecular flexibility index (Phi) is 3.50. The fourth-order valence-electron chi connectivity index (χ4n) is 0.889. The molecule has 1 rings (SSSR count). The molecule has 0 spiro atoms. The van der Waals surface area contributed by atoms with Crippen LogP contribution in [0.5, 0.6) is 0 Å². The van der Waals surface area contributed by atoms with Gasteiger partial charge in [0, 0.05) is 4.47 Å². The maximum absolute atomic E-state index is 8.77. The smallest absolute Gasteiger partial charge is 0.0642 e. The molecule has 0 saturated heterocycles. The first-order chi connectivity index (χ1) is 5.72. The van der Waals surface area contributed by atoms with E-state index in [0.717, 1.165) is 15.6 Å². The van der Waals surface area contributed by atoms with Crippen molar-refractivity contribution >= 4 is 22.0 Å². The monoisotopic (exact) mass is 226 g/mol. The topological polar surface area (TPSA) is 20.2 Å². The third-order valence-electron chi connectivity index (χ3n) is 1.53. The summed E-state index contributed by atoms with van der Waals surface area (Å²) in [4.78, 5) is 0. The minimum atomic E-state index is 0.121. The minimum Gasteiger partial charge on any atom is -0.392 e. The lowest BCUT2D eigenvalue weighted by Gasteiger charge is -1.96. The van der Waals surface area contributed by atoms with E-state index in [-0.39, 0.29) is 6.61 Å². The van der Waals surface area contributed by atoms with Gasteiger partial charge in [0.15, 0.2) is 0 Å². The predicted octanol–water partition coefficient (Wildman–Crippen LogP) is 2.84. The van der Waals surface area contributed by atoms with Crippen molar-refractivity contribution in [2.45, 2.75) is 6.92 Å². The Morgan fingerprint density at radius 2 is 2.00 bits per heavy atom. The molecule has 64 valence electrons. The van der Waals surface area contributed by atoms with E-state index in [9.17, 15) is 0 Å². The largest absolute Gasteiger partial charge is 0.392 e. The average molecular weight is 227 g/mol. The Labute approximate surface area is 80.9 Å². The van der Waals surface area contributed by atoms with Crippen LogP contribution in [0.25, 0.3) is 6.08 Å². The van der Waals surface area contributed by atoms with Crippen LogP contribution in [-0.2, 0) is 0 Å². The Hall–Kier alpha value is -0.600. The van der Waals surface area contributed by atoms with Crippen LogP contribution in [0.4, 0.5) is 0 Å². The van der Waals surface area contributed by atoms with Crippen LogP contribution in [-0.4, -0.2) is 11.7 Å². The molecule has 0 fully saturated rings. The van der Waals surface area contributed by atoms with Crippen LogP contribution in [0.3, 0.4) is 0 Å². The molecule has 0 heterocycles. The molecule has 0 atom stereocenters. The van der Waals surface area contributed by atoms with Gasteiger partial charge in [0.25, 0.3) is 0 Å². The zero-order chi connectivity index (χ0) is 8.97. The van der Waals surface area contributed by atoms with Crippen LogP contribution in [0.1, 0.15) is 12.5 Å². The van der Waals surface area contributed by atoms with E-state index in [2.05, 4.69) is 15.9 Å². The zero-order valence-corrected chi connectivity index (χ0v) is 8.51. The molecule has 0 saturated carbocycles. The quantitative estimate of drug-likeness (QED) is 0.823. The third kappa shape index (κ3) is 2.80. The second-order valence-corrected chi connectivity index (χ2v) is 3.62. The van der Waals surface area contributed by atoms with Crippen LogP contribution in [0.2, 0.25) is 0 Å². The SMILES string of the molecule is C/C(=C\c1ccc(Br)cc1)CO. The fourth-order valence-corrected chi connectivity index (χ4v) is 1.15. The highest BCUT2D eigenvalue weighted by molar-refractivity contribution is 9.10. The summed E-state index contributed by atoms with van der Waals surface area (Å²) >= 11 is 3.36. The first kappa shape index (κ1) is 9.49. The Morgan fingerprint density at radius 1 is 1.42 bits per heavy atom. The molecule has 0 aromatic heterocycles. The van der Waals surface area contributed by atoms with Gasteiger partial charge in [-0.25, -0.2) is 0 Å². The van der Waals surface area contributed by atoms with Crippen molar-refractivity contribution in [2.24, 2.45) is 0 Å². The maximum atomic E-state index is 8.77. The fraction of sp³-hybridized carbons (Fsp3) is 0.200. The zero-order valence-electron chi connectivity index (χ0n) is 6.92. The standard InChI is InChI=1S/C10H11BrO/c1-8(7-12)6-9-2-4-10(11)5-3-9/h2-6,12H,7H2,1H3/b8-6+. The van der Waals surface area contributed by atoms with Gasteiger partial charge in [0.2, 0.25) is 0 Å². The summed E-state index contributed by atoms with van der Waals surface area (Å²) in [7, 11) is 0. The van der Waals surface area contributed by atoms with Gasteiger partial charge in [-0.15, -0.1) is 0 Å². The summed E-state index contributed by atoms with van der Waals surface area (Å²) in [6.07, 6.45) is 1.96. The number of hydrogen-bond acceptors (Lipinski definition) is 1. The van der Waals surface area contributed by atoms with E-state index in [1.165, 1.54) is 0 Å². The summed E-state index contributed by atoms with van der Waals surface area (Å²) in [6, 6.07) is 7.97. The summed E-state index contributed by atoms with van der Waals surface area (Å²) in [5.41, 5.74) is 2.09. The van der Waals surface area contributed by atoms with E-state index >= 15 is 0 Å². The first-order valence-electron chi connectivity index (χ1n) is 3.76. The van der Waals surface area contributed by atoms with E-state index in [1.807, 2.05) is 37.3 Å². The molecule has 0 aliphatic carbocycles. The molecule has 0 unspecified atom stereocenters. The van der Waals surface area contributed by atoms with Gasteiger partial charge in [0.1, 0.15) is 0 Å². The van der Waals surface area contributed by atoms with Crippen molar-refractivity contribution in [2.75, 3.05) is 6.61 Å². The number of aliphatic hydroxyl groups is 1. The van der Waals surface area contributed by atoms with Crippen LogP contribution < -0.4 is 0 Å². The van der Waals surface area contributed by atoms with Crippen LogP contribution >= 0.6 is 15.9 Å². The predicted molar refractivity (Wildman–Crippen MR) is 54.9 cm³/mol. The molecule has 1 aromatic carbocycles. The molecule has 0 bridgehead atoms. The number of rotatable bonds is 2. The van der Waals surface area contributed by atoms with Gasteiger partial charge < -0.3 is 5.11 Å². The van der Waals surface area contributed by atoms with Crippen molar-refractivity contribution in [3.05, 3.63) is 39.9 Å². The van der Waals surface area contributed by atoms with Crippen molar-refractivity contribution in [1.29, 1.82) is 0 Å². The normalized spacial score (nSPS) is 11.8. The first-order valence-corrected chi connectivity index (χ1v) is 4.55. The lowest BCUT2D eigenvalue weighted by atomic mass is 10.1. The molecule has 12 heavy (non-hydrogen) atoms. The van der Waals surface area contributed by atoms with Gasteiger partial charge in [-0.3, -0.25) is 0 Å². The van der Waals surface area contributed by atoms with E-state index in [0.29, 0.717) is 0 Å². The molecule has 0 amide bonds. The highest BCUT2D eigenvalue weighted by atomic mass is 79.9. The van der Waals surface area contributed by atoms with E-state index in [1.54, 1.807) is 0 Å². The van der Waals surface area contributed by atoms with E-state index < -0.39 is 0 Å². The number of halogens is 1. The highest BCUT2D eigenvalue weighted by Gasteiger charge is 1.89. The second kappa shape index (κ2) is 4.43. The third-order valence-corrected chi connectivity index (χ3v) is 2.06. The van der Waals surface area contributed by atoms with Crippen LogP contribution in [0.15, 0.2) is 34.3 Å².